The molecule has 4 aromatic rings. The number of likely N-dealkylation sites (tertiary alicyclic amines) is 1. The second-order valence-electron chi connectivity index (χ2n) is 11.0. The number of halogens is 1. The van der Waals surface area contributed by atoms with Crippen LogP contribution in [0.4, 0.5) is 4.39 Å². The Kier molecular flexibility index (Phi) is 8.31. The summed E-state index contributed by atoms with van der Waals surface area (Å²) in [5, 5.41) is 8.95. The van der Waals surface area contributed by atoms with E-state index in [4.69, 9.17) is 24.5 Å². The van der Waals surface area contributed by atoms with Gasteiger partial charge in [-0.15, -0.1) is 0 Å². The molecule has 0 amide bonds. The van der Waals surface area contributed by atoms with Crippen LogP contribution in [-0.4, -0.2) is 63.3 Å². The zero-order valence-corrected chi connectivity index (χ0v) is 24.2. The Morgan fingerprint density at radius 3 is 2.67 bits per heavy atom. The Morgan fingerprint density at radius 2 is 1.98 bits per heavy atom. The molecule has 11 heteroatoms. The first-order chi connectivity index (χ1) is 20.9. The quantitative estimate of drug-likeness (QED) is 0.253. The van der Waals surface area contributed by atoms with Gasteiger partial charge in [0.1, 0.15) is 24.1 Å². The molecule has 0 N–H and O–H groups in total. The average Bonchev–Trinajstić information content (AvgIpc) is 3.39. The molecule has 10 nitrogen and oxygen atoms in total. The van der Waals surface area contributed by atoms with Crippen molar-refractivity contribution in [1.29, 1.82) is 5.26 Å². The molecule has 2 atom stereocenters. The van der Waals surface area contributed by atoms with Gasteiger partial charge in [0.2, 0.25) is 5.88 Å². The molecule has 4 heterocycles. The van der Waals surface area contributed by atoms with Gasteiger partial charge >= 0.3 is 5.97 Å². The van der Waals surface area contributed by atoms with E-state index in [2.05, 4.69) is 26.4 Å². The third-order valence-corrected chi connectivity index (χ3v) is 8.40. The number of aromatic nitrogens is 4. The number of esters is 1. The van der Waals surface area contributed by atoms with Crippen LogP contribution in [0.15, 0.2) is 48.7 Å². The number of nitriles is 1. The molecule has 2 aromatic heterocycles. The van der Waals surface area contributed by atoms with Crippen LogP contribution in [0.1, 0.15) is 71.3 Å². The van der Waals surface area contributed by atoms with Crippen LogP contribution >= 0.6 is 0 Å². The molecule has 0 radical (unpaired) electrons. The third-order valence-electron chi connectivity index (χ3n) is 8.40. The standard InChI is InChI=1S/C32H33FN6O4/c1-20(31-36-27-6-5-23(32(40)41-2)16-28(27)39(31)18-25-10-14-42-25)38-12-8-22(9-13-38)30-35-11-7-29(37-30)43-19-24-4-3-21(17-34)15-26(24)33/h3-7,11,15-16,20,22,25H,8-10,12-14,18-19H2,1-2H3/t20-,25?/m0/s1. The Balaban J connectivity index is 1.13. The van der Waals surface area contributed by atoms with Crippen molar-refractivity contribution in [1.82, 2.24) is 24.4 Å². The molecular weight excluding hydrogens is 551 g/mol. The first-order valence-corrected chi connectivity index (χ1v) is 14.5. The predicted molar refractivity (Wildman–Crippen MR) is 155 cm³/mol. The van der Waals surface area contributed by atoms with Gasteiger partial charge in [-0.2, -0.15) is 10.2 Å². The summed E-state index contributed by atoms with van der Waals surface area (Å²) in [4.78, 5) is 28.8. The summed E-state index contributed by atoms with van der Waals surface area (Å²) < 4.78 is 32.9. The Hall–Kier alpha value is -4.40. The fourth-order valence-corrected chi connectivity index (χ4v) is 5.76. The molecule has 2 aromatic carbocycles. The highest BCUT2D eigenvalue weighted by molar-refractivity contribution is 5.93. The Morgan fingerprint density at radius 1 is 1.16 bits per heavy atom. The number of fused-ring (bicyclic) bond motifs is 1. The minimum atomic E-state index is -0.479. The number of carbonyl (C=O) groups excluding carboxylic acids is 1. The fourth-order valence-electron chi connectivity index (χ4n) is 5.76. The van der Waals surface area contributed by atoms with Gasteiger partial charge < -0.3 is 18.8 Å². The number of benzene rings is 2. The second-order valence-corrected chi connectivity index (χ2v) is 11.0. The van der Waals surface area contributed by atoms with E-state index in [9.17, 15) is 9.18 Å². The van der Waals surface area contributed by atoms with Gasteiger partial charge in [-0.25, -0.2) is 19.2 Å². The van der Waals surface area contributed by atoms with Crippen LogP contribution in [0.5, 0.6) is 5.88 Å². The number of hydrogen-bond acceptors (Lipinski definition) is 9. The largest absolute Gasteiger partial charge is 0.473 e. The van der Waals surface area contributed by atoms with Gasteiger partial charge in [0.15, 0.2) is 0 Å². The van der Waals surface area contributed by atoms with Crippen LogP contribution in [0.3, 0.4) is 0 Å². The van der Waals surface area contributed by atoms with Gasteiger partial charge in [0.05, 0.1) is 54.0 Å². The molecule has 1 unspecified atom stereocenters. The summed E-state index contributed by atoms with van der Waals surface area (Å²) in [7, 11) is 1.38. The van der Waals surface area contributed by atoms with E-state index >= 15 is 0 Å². The number of carbonyl (C=O) groups is 1. The third kappa shape index (κ3) is 6.07. The fraction of sp³-hybridized carbons (Fsp3) is 0.406. The summed E-state index contributed by atoms with van der Waals surface area (Å²) in [5.41, 5.74) is 2.87. The molecule has 2 aliphatic rings. The smallest absolute Gasteiger partial charge is 0.337 e. The van der Waals surface area contributed by atoms with Crippen LogP contribution < -0.4 is 4.74 Å². The highest BCUT2D eigenvalue weighted by atomic mass is 19.1. The first kappa shape index (κ1) is 28.7. The summed E-state index contributed by atoms with van der Waals surface area (Å²) >= 11 is 0. The van der Waals surface area contributed by atoms with Crippen LogP contribution in [-0.2, 0) is 22.6 Å². The van der Waals surface area contributed by atoms with Crippen molar-refractivity contribution in [2.45, 2.75) is 57.4 Å². The van der Waals surface area contributed by atoms with E-state index in [0.717, 1.165) is 61.6 Å². The molecule has 2 aliphatic heterocycles. The second kappa shape index (κ2) is 12.5. The normalized spacial score (nSPS) is 18.1. The van der Waals surface area contributed by atoms with Gasteiger partial charge in [0.25, 0.3) is 0 Å². The lowest BCUT2D eigenvalue weighted by atomic mass is 9.95. The molecule has 0 spiro atoms. The summed E-state index contributed by atoms with van der Waals surface area (Å²) in [6.07, 6.45) is 4.55. The molecule has 2 fully saturated rings. The lowest BCUT2D eigenvalue weighted by Crippen LogP contribution is -2.37. The molecule has 6 rings (SSSR count). The molecule has 222 valence electrons. The highest BCUT2D eigenvalue weighted by Crippen LogP contribution is 2.33. The zero-order chi connectivity index (χ0) is 29.9. The summed E-state index contributed by atoms with van der Waals surface area (Å²) in [6.45, 7) is 5.32. The highest BCUT2D eigenvalue weighted by Gasteiger charge is 2.30. The number of hydrogen-bond donors (Lipinski definition) is 0. The van der Waals surface area contributed by atoms with Gasteiger partial charge in [0, 0.05) is 30.4 Å². The molecule has 0 saturated carbocycles. The Labute approximate surface area is 249 Å². The molecule has 2 saturated heterocycles. The van der Waals surface area contributed by atoms with Crippen molar-refractivity contribution in [3.8, 4) is 11.9 Å². The molecule has 43 heavy (non-hydrogen) atoms. The Bertz CT molecular complexity index is 1670. The minimum Gasteiger partial charge on any atom is -0.473 e. The van der Waals surface area contributed by atoms with Crippen molar-refractivity contribution in [2.24, 2.45) is 0 Å². The SMILES string of the molecule is COC(=O)c1ccc2nc([C@H](C)N3CCC(c4nccc(OCc5ccc(C#N)cc5F)n4)CC3)n(CC3CCO3)c2c1. The summed E-state index contributed by atoms with van der Waals surface area (Å²) in [6, 6.07) is 13.5. The topological polar surface area (TPSA) is 115 Å². The number of imidazole rings is 1. The van der Waals surface area contributed by atoms with E-state index in [0.29, 0.717) is 23.6 Å². The molecular formula is C32H33FN6O4. The van der Waals surface area contributed by atoms with Gasteiger partial charge in [-0.1, -0.05) is 6.07 Å². The number of rotatable bonds is 9. The summed E-state index contributed by atoms with van der Waals surface area (Å²) in [5.74, 6) is 1.38. The van der Waals surface area contributed by atoms with E-state index in [1.807, 2.05) is 18.2 Å². The maximum Gasteiger partial charge on any atom is 0.337 e. The van der Waals surface area contributed by atoms with Crippen molar-refractivity contribution in [3.63, 3.8) is 0 Å². The molecule has 0 bridgehead atoms. The average molecular weight is 585 g/mol. The van der Waals surface area contributed by atoms with Crippen LogP contribution in [0.2, 0.25) is 0 Å². The number of piperidine rings is 1. The van der Waals surface area contributed by atoms with Crippen molar-refractivity contribution in [3.05, 3.63) is 82.8 Å². The maximum absolute atomic E-state index is 14.3. The number of nitrogens with zero attached hydrogens (tertiary/aromatic N) is 6. The minimum absolute atomic E-state index is 0.0119. The van der Waals surface area contributed by atoms with E-state index < -0.39 is 5.82 Å². The number of ether oxygens (including phenoxy) is 3. The number of methoxy groups -OCH3 is 1. The van der Waals surface area contributed by atoms with Gasteiger partial charge in [-0.3, -0.25) is 4.90 Å². The van der Waals surface area contributed by atoms with E-state index in [1.54, 1.807) is 30.5 Å². The predicted octanol–water partition coefficient (Wildman–Crippen LogP) is 4.93. The van der Waals surface area contributed by atoms with Crippen molar-refractivity contribution in [2.75, 3.05) is 26.8 Å². The molecule has 0 aliphatic carbocycles. The lowest BCUT2D eigenvalue weighted by Gasteiger charge is -2.36. The first-order valence-electron chi connectivity index (χ1n) is 14.5. The lowest BCUT2D eigenvalue weighted by molar-refractivity contribution is -0.0594. The van der Waals surface area contributed by atoms with E-state index in [1.165, 1.54) is 13.2 Å². The van der Waals surface area contributed by atoms with Crippen molar-refractivity contribution >= 4 is 17.0 Å². The monoisotopic (exact) mass is 584 g/mol. The van der Waals surface area contributed by atoms with E-state index in [-0.39, 0.29) is 36.2 Å². The van der Waals surface area contributed by atoms with Crippen LogP contribution in [0.25, 0.3) is 11.0 Å². The maximum atomic E-state index is 14.3. The van der Waals surface area contributed by atoms with Crippen molar-refractivity contribution < 1.29 is 23.4 Å². The zero-order valence-electron chi connectivity index (χ0n) is 24.2. The van der Waals surface area contributed by atoms with Gasteiger partial charge in [-0.05, 0) is 69.6 Å². The van der Waals surface area contributed by atoms with Crippen LogP contribution in [0, 0.1) is 17.1 Å².